The molecular formula is C18H12FNO2. The molecule has 0 radical (unpaired) electrons. The fraction of sp³-hybridized carbons (Fsp3) is 0.0556. The molecule has 0 amide bonds. The van der Waals surface area contributed by atoms with Gasteiger partial charge in [-0.15, -0.1) is 0 Å². The molecule has 0 aliphatic rings. The topological polar surface area (TPSA) is 53.2 Å². The maximum absolute atomic E-state index is 14.0. The summed E-state index contributed by atoms with van der Waals surface area (Å²) < 4.78 is 19.6. The first-order chi connectivity index (χ1) is 10.7. The van der Waals surface area contributed by atoms with Gasteiger partial charge in [0.05, 0.1) is 18.2 Å². The fourth-order valence-electron chi connectivity index (χ4n) is 2.34. The Kier molecular flexibility index (Phi) is 3.73. The summed E-state index contributed by atoms with van der Waals surface area (Å²) in [6.45, 7) is -0.0774. The van der Waals surface area contributed by atoms with Crippen molar-refractivity contribution in [3.63, 3.8) is 0 Å². The molecule has 0 atom stereocenters. The molecule has 3 aromatic carbocycles. The Balaban J connectivity index is 2.07. The summed E-state index contributed by atoms with van der Waals surface area (Å²) in [5.74, 6) is -0.0355. The Hall–Kier alpha value is -2.90. The Morgan fingerprint density at radius 2 is 1.77 bits per heavy atom. The number of halogens is 1. The van der Waals surface area contributed by atoms with Crippen LogP contribution in [-0.4, -0.2) is 5.11 Å². The van der Waals surface area contributed by atoms with Crippen molar-refractivity contribution in [1.82, 2.24) is 0 Å². The normalized spacial score (nSPS) is 10.4. The molecule has 0 spiro atoms. The van der Waals surface area contributed by atoms with Gasteiger partial charge in [0.2, 0.25) is 0 Å². The molecule has 0 aliphatic heterocycles. The van der Waals surface area contributed by atoms with E-state index in [-0.39, 0.29) is 17.9 Å². The minimum absolute atomic E-state index is 0.0564. The third-order valence-corrected chi connectivity index (χ3v) is 3.42. The Morgan fingerprint density at radius 3 is 2.50 bits per heavy atom. The van der Waals surface area contributed by atoms with Gasteiger partial charge in [0.15, 0.2) is 11.6 Å². The van der Waals surface area contributed by atoms with Crippen LogP contribution in [0.15, 0.2) is 54.6 Å². The maximum Gasteiger partial charge on any atom is 0.167 e. The van der Waals surface area contributed by atoms with Crippen molar-refractivity contribution < 1.29 is 14.2 Å². The van der Waals surface area contributed by atoms with E-state index in [0.717, 1.165) is 22.4 Å². The quantitative estimate of drug-likeness (QED) is 0.789. The number of aliphatic hydroxyl groups is 1. The number of rotatable bonds is 3. The number of hydrogen-bond acceptors (Lipinski definition) is 3. The van der Waals surface area contributed by atoms with Gasteiger partial charge in [-0.2, -0.15) is 5.26 Å². The minimum atomic E-state index is -0.589. The van der Waals surface area contributed by atoms with Crippen molar-refractivity contribution in [2.75, 3.05) is 0 Å². The van der Waals surface area contributed by atoms with E-state index in [1.54, 1.807) is 12.1 Å². The predicted octanol–water partition coefficient (Wildman–Crippen LogP) is 4.14. The van der Waals surface area contributed by atoms with E-state index in [1.807, 2.05) is 30.3 Å². The molecule has 22 heavy (non-hydrogen) atoms. The predicted molar refractivity (Wildman–Crippen MR) is 81.1 cm³/mol. The number of nitriles is 1. The van der Waals surface area contributed by atoms with Crippen molar-refractivity contribution in [2.45, 2.75) is 6.61 Å². The number of aliphatic hydroxyl groups excluding tert-OH is 1. The molecule has 0 saturated heterocycles. The fourth-order valence-corrected chi connectivity index (χ4v) is 2.34. The summed E-state index contributed by atoms with van der Waals surface area (Å²) in [4.78, 5) is 0. The minimum Gasteiger partial charge on any atom is -0.454 e. The van der Waals surface area contributed by atoms with E-state index in [2.05, 4.69) is 0 Å². The van der Waals surface area contributed by atoms with Gasteiger partial charge in [-0.3, -0.25) is 0 Å². The van der Waals surface area contributed by atoms with Gasteiger partial charge in [-0.05, 0) is 35.2 Å². The van der Waals surface area contributed by atoms with Gasteiger partial charge in [-0.25, -0.2) is 4.39 Å². The van der Waals surface area contributed by atoms with Gasteiger partial charge in [0.1, 0.15) is 5.75 Å². The maximum atomic E-state index is 14.0. The average Bonchev–Trinajstić information content (AvgIpc) is 2.56. The molecule has 0 saturated carbocycles. The van der Waals surface area contributed by atoms with E-state index in [9.17, 15) is 9.50 Å². The highest BCUT2D eigenvalue weighted by molar-refractivity contribution is 5.91. The molecule has 0 heterocycles. The number of hydrogen-bond donors (Lipinski definition) is 1. The van der Waals surface area contributed by atoms with Gasteiger partial charge < -0.3 is 9.84 Å². The van der Waals surface area contributed by atoms with E-state index in [1.165, 1.54) is 12.1 Å². The second-order valence-corrected chi connectivity index (χ2v) is 4.79. The highest BCUT2D eigenvalue weighted by Crippen LogP contribution is 2.32. The van der Waals surface area contributed by atoms with Gasteiger partial charge >= 0.3 is 0 Å². The summed E-state index contributed by atoms with van der Waals surface area (Å²) in [6.07, 6.45) is 0. The second kappa shape index (κ2) is 5.84. The molecule has 3 rings (SSSR count). The van der Waals surface area contributed by atoms with E-state index < -0.39 is 5.82 Å². The number of ether oxygens (including phenoxy) is 1. The van der Waals surface area contributed by atoms with E-state index in [4.69, 9.17) is 10.00 Å². The van der Waals surface area contributed by atoms with E-state index >= 15 is 0 Å². The standard InChI is InChI=1S/C18H12FNO2/c19-16-9-12(10-20)7-8-18(16)22-17-6-2-4-14-13(11-21)3-1-5-15(14)17/h1-9,21H,11H2. The third kappa shape index (κ3) is 2.50. The van der Waals surface area contributed by atoms with Gasteiger partial charge in [-0.1, -0.05) is 30.3 Å². The van der Waals surface area contributed by atoms with E-state index in [0.29, 0.717) is 5.75 Å². The number of benzene rings is 3. The average molecular weight is 293 g/mol. The number of fused-ring (bicyclic) bond motifs is 1. The van der Waals surface area contributed by atoms with Crippen molar-refractivity contribution >= 4 is 10.8 Å². The highest BCUT2D eigenvalue weighted by Gasteiger charge is 2.10. The first kappa shape index (κ1) is 14.1. The smallest absolute Gasteiger partial charge is 0.167 e. The van der Waals surface area contributed by atoms with Crippen LogP contribution < -0.4 is 4.74 Å². The molecule has 0 unspecified atom stereocenters. The summed E-state index contributed by atoms with van der Waals surface area (Å²) in [5.41, 5.74) is 1.02. The molecule has 4 heteroatoms. The third-order valence-electron chi connectivity index (χ3n) is 3.42. The molecule has 0 bridgehead atoms. The van der Waals surface area contributed by atoms with Crippen LogP contribution in [0.2, 0.25) is 0 Å². The van der Waals surface area contributed by atoms with Crippen LogP contribution in [0, 0.1) is 17.1 Å². The molecule has 1 N–H and O–H groups in total. The van der Waals surface area contributed by atoms with Crippen LogP contribution in [-0.2, 0) is 6.61 Å². The Bertz CT molecular complexity index is 884. The van der Waals surface area contributed by atoms with Crippen molar-refractivity contribution in [2.24, 2.45) is 0 Å². The SMILES string of the molecule is N#Cc1ccc(Oc2cccc3c(CO)cccc23)c(F)c1. The monoisotopic (exact) mass is 293 g/mol. The summed E-state index contributed by atoms with van der Waals surface area (Å²) >= 11 is 0. The summed E-state index contributed by atoms with van der Waals surface area (Å²) in [6, 6.07) is 16.9. The lowest BCUT2D eigenvalue weighted by molar-refractivity contribution is 0.283. The summed E-state index contributed by atoms with van der Waals surface area (Å²) in [5, 5.41) is 19.8. The zero-order valence-electron chi connectivity index (χ0n) is 11.6. The van der Waals surface area contributed by atoms with Gasteiger partial charge in [0.25, 0.3) is 0 Å². The molecule has 108 valence electrons. The van der Waals surface area contributed by atoms with Crippen molar-refractivity contribution in [3.05, 3.63) is 71.5 Å². The van der Waals surface area contributed by atoms with Gasteiger partial charge in [0, 0.05) is 5.39 Å². The molecule has 3 nitrogen and oxygen atoms in total. The molecule has 3 aromatic rings. The van der Waals surface area contributed by atoms with Crippen molar-refractivity contribution in [1.29, 1.82) is 5.26 Å². The highest BCUT2D eigenvalue weighted by atomic mass is 19.1. The lowest BCUT2D eigenvalue weighted by atomic mass is 10.0. The lowest BCUT2D eigenvalue weighted by Crippen LogP contribution is -1.92. The van der Waals surface area contributed by atoms with Crippen molar-refractivity contribution in [3.8, 4) is 17.6 Å². The molecular weight excluding hydrogens is 281 g/mol. The Morgan fingerprint density at radius 1 is 1.00 bits per heavy atom. The molecule has 0 aliphatic carbocycles. The number of nitrogens with zero attached hydrogens (tertiary/aromatic N) is 1. The summed E-state index contributed by atoms with van der Waals surface area (Å²) in [7, 11) is 0. The Labute approximate surface area is 126 Å². The van der Waals surface area contributed by atoms with Crippen LogP contribution in [0.3, 0.4) is 0 Å². The molecule has 0 fully saturated rings. The van der Waals surface area contributed by atoms with Crippen LogP contribution >= 0.6 is 0 Å². The largest absolute Gasteiger partial charge is 0.454 e. The second-order valence-electron chi connectivity index (χ2n) is 4.79. The van der Waals surface area contributed by atoms with Crippen LogP contribution in [0.5, 0.6) is 11.5 Å². The zero-order chi connectivity index (χ0) is 15.5. The first-order valence-corrected chi connectivity index (χ1v) is 6.72. The van der Waals surface area contributed by atoms with Crippen LogP contribution in [0.1, 0.15) is 11.1 Å². The first-order valence-electron chi connectivity index (χ1n) is 6.72. The molecule has 0 aromatic heterocycles. The van der Waals surface area contributed by atoms with Crippen LogP contribution in [0.4, 0.5) is 4.39 Å². The lowest BCUT2D eigenvalue weighted by Gasteiger charge is -2.11. The van der Waals surface area contributed by atoms with Crippen LogP contribution in [0.25, 0.3) is 10.8 Å². The zero-order valence-corrected chi connectivity index (χ0v) is 11.6.